The van der Waals surface area contributed by atoms with Crippen molar-refractivity contribution in [2.24, 2.45) is 23.5 Å². The van der Waals surface area contributed by atoms with Gasteiger partial charge in [0.15, 0.2) is 0 Å². The number of allylic oxidation sites excluding steroid dienone is 1. The molecule has 3 heterocycles. The van der Waals surface area contributed by atoms with Gasteiger partial charge in [-0.25, -0.2) is 4.98 Å². The molecule has 2 unspecified atom stereocenters. The standard InChI is InChI=1S/C26H30N6O2S/c1-32-11-2-3-19(14-32)34-18-8-6-17(7-9-18)28-26-29-20-10-12-35-23(20)25(31-26)30-22-16-5-4-15(13-16)21(22)24(27)33/h4-10,12,15-16,19,21-22H,2-3,11,13-14H2,1H3,(H2,27,33)(H2,28,29,30,31)/t15?,16?,19-,21+,22-/m1/s1. The van der Waals surface area contributed by atoms with Crippen molar-refractivity contribution in [2.75, 3.05) is 30.8 Å². The fourth-order valence-corrected chi connectivity index (χ4v) is 6.52. The molecule has 2 aliphatic carbocycles. The number of aromatic nitrogens is 2. The van der Waals surface area contributed by atoms with Crippen LogP contribution in [-0.2, 0) is 4.79 Å². The van der Waals surface area contributed by atoms with Crippen molar-refractivity contribution in [3.05, 3.63) is 47.9 Å². The first-order valence-corrected chi connectivity index (χ1v) is 13.1. The van der Waals surface area contributed by atoms with E-state index < -0.39 is 0 Å². The number of anilines is 3. The van der Waals surface area contributed by atoms with Gasteiger partial charge < -0.3 is 26.0 Å². The van der Waals surface area contributed by atoms with E-state index in [4.69, 9.17) is 20.4 Å². The minimum atomic E-state index is -0.253. The highest BCUT2D eigenvalue weighted by Gasteiger charge is 2.47. The van der Waals surface area contributed by atoms with E-state index in [1.54, 1.807) is 11.3 Å². The number of piperidine rings is 1. The van der Waals surface area contributed by atoms with Gasteiger partial charge in [-0.05, 0) is 80.4 Å². The van der Waals surface area contributed by atoms with E-state index in [0.717, 1.165) is 59.8 Å². The number of benzene rings is 1. The molecule has 35 heavy (non-hydrogen) atoms. The molecule has 8 nitrogen and oxygen atoms in total. The number of rotatable bonds is 7. The van der Waals surface area contributed by atoms with Crippen LogP contribution in [0.25, 0.3) is 10.2 Å². The predicted octanol–water partition coefficient (Wildman–Crippen LogP) is 4.00. The minimum Gasteiger partial charge on any atom is -0.489 e. The first-order valence-electron chi connectivity index (χ1n) is 12.3. The summed E-state index contributed by atoms with van der Waals surface area (Å²) < 4.78 is 7.15. The van der Waals surface area contributed by atoms with Crippen LogP contribution in [0.2, 0.25) is 0 Å². The molecule has 2 bridgehead atoms. The number of ether oxygens (including phenoxy) is 1. The number of fused-ring (bicyclic) bond motifs is 3. The highest BCUT2D eigenvalue weighted by Crippen LogP contribution is 2.45. The third kappa shape index (κ3) is 4.46. The van der Waals surface area contributed by atoms with Crippen LogP contribution in [0.15, 0.2) is 47.9 Å². The van der Waals surface area contributed by atoms with E-state index in [0.29, 0.717) is 5.95 Å². The van der Waals surface area contributed by atoms with Gasteiger partial charge in [0.25, 0.3) is 0 Å². The average Bonchev–Trinajstić information content (AvgIpc) is 3.57. The zero-order chi connectivity index (χ0) is 23.9. The first-order chi connectivity index (χ1) is 17.0. The van der Waals surface area contributed by atoms with E-state index in [9.17, 15) is 4.79 Å². The summed E-state index contributed by atoms with van der Waals surface area (Å²) in [5.74, 6) is 2.15. The van der Waals surface area contributed by atoms with Gasteiger partial charge in [0.2, 0.25) is 11.9 Å². The lowest BCUT2D eigenvalue weighted by Crippen LogP contribution is -2.41. The van der Waals surface area contributed by atoms with Crippen LogP contribution < -0.4 is 21.1 Å². The number of carbonyl (C=O) groups excluding carboxylic acids is 1. The lowest BCUT2D eigenvalue weighted by Gasteiger charge is -2.30. The van der Waals surface area contributed by atoms with E-state index in [1.807, 2.05) is 35.7 Å². The fourth-order valence-electron chi connectivity index (χ4n) is 5.74. The maximum absolute atomic E-state index is 12.2. The van der Waals surface area contributed by atoms with Crippen molar-refractivity contribution >= 4 is 44.9 Å². The van der Waals surface area contributed by atoms with Crippen LogP contribution in [0, 0.1) is 17.8 Å². The summed E-state index contributed by atoms with van der Waals surface area (Å²) in [6.45, 7) is 2.09. The molecule has 2 fully saturated rings. The Morgan fingerprint density at radius 2 is 2.00 bits per heavy atom. The highest BCUT2D eigenvalue weighted by atomic mass is 32.1. The zero-order valence-electron chi connectivity index (χ0n) is 19.7. The number of hydrogen-bond acceptors (Lipinski definition) is 8. The van der Waals surface area contributed by atoms with Gasteiger partial charge in [-0.3, -0.25) is 4.79 Å². The van der Waals surface area contributed by atoms with Crippen molar-refractivity contribution < 1.29 is 9.53 Å². The number of likely N-dealkylation sites (tertiary alicyclic amines) is 1. The van der Waals surface area contributed by atoms with Crippen LogP contribution in [0.4, 0.5) is 17.5 Å². The van der Waals surface area contributed by atoms with Crippen molar-refractivity contribution in [1.82, 2.24) is 14.9 Å². The smallest absolute Gasteiger partial charge is 0.229 e. The van der Waals surface area contributed by atoms with Gasteiger partial charge >= 0.3 is 0 Å². The van der Waals surface area contributed by atoms with Crippen LogP contribution in [0.5, 0.6) is 5.75 Å². The molecule has 1 saturated carbocycles. The second kappa shape index (κ2) is 9.13. The summed E-state index contributed by atoms with van der Waals surface area (Å²) in [6, 6.07) is 9.88. The molecule has 2 aromatic heterocycles. The van der Waals surface area contributed by atoms with Crippen LogP contribution in [0.1, 0.15) is 19.3 Å². The predicted molar refractivity (Wildman–Crippen MR) is 139 cm³/mol. The van der Waals surface area contributed by atoms with E-state index in [-0.39, 0.29) is 35.8 Å². The number of nitrogens with zero attached hydrogens (tertiary/aromatic N) is 3. The van der Waals surface area contributed by atoms with Crippen LogP contribution >= 0.6 is 11.3 Å². The maximum atomic E-state index is 12.2. The molecule has 4 N–H and O–H groups in total. The Hall–Kier alpha value is -3.17. The van der Waals surface area contributed by atoms with Crippen molar-refractivity contribution in [1.29, 1.82) is 0 Å². The average molecular weight is 491 g/mol. The van der Waals surface area contributed by atoms with Gasteiger partial charge in [0.05, 0.1) is 16.1 Å². The quantitative estimate of drug-likeness (QED) is 0.430. The Kier molecular flexibility index (Phi) is 5.82. The van der Waals surface area contributed by atoms with Gasteiger partial charge in [0.1, 0.15) is 17.7 Å². The van der Waals surface area contributed by atoms with Gasteiger partial charge in [-0.2, -0.15) is 4.98 Å². The number of amides is 1. The van der Waals surface area contributed by atoms with Crippen molar-refractivity contribution in [2.45, 2.75) is 31.4 Å². The minimum absolute atomic E-state index is 0.0502. The zero-order valence-corrected chi connectivity index (χ0v) is 20.5. The molecule has 1 aromatic carbocycles. The maximum Gasteiger partial charge on any atom is 0.229 e. The largest absolute Gasteiger partial charge is 0.489 e. The summed E-state index contributed by atoms with van der Waals surface area (Å²) in [5.41, 5.74) is 7.52. The molecule has 1 saturated heterocycles. The van der Waals surface area contributed by atoms with Crippen molar-refractivity contribution in [3.63, 3.8) is 0 Å². The highest BCUT2D eigenvalue weighted by molar-refractivity contribution is 7.17. The third-order valence-corrected chi connectivity index (χ3v) is 8.30. The van der Waals surface area contributed by atoms with Crippen LogP contribution in [-0.4, -0.2) is 53.1 Å². The summed E-state index contributed by atoms with van der Waals surface area (Å²) >= 11 is 1.59. The molecule has 0 spiro atoms. The first kappa shape index (κ1) is 22.3. The number of nitrogens with one attached hydrogen (secondary N) is 2. The Balaban J connectivity index is 1.20. The summed E-state index contributed by atoms with van der Waals surface area (Å²) in [5, 5.41) is 8.90. The second-order valence-electron chi connectivity index (χ2n) is 9.87. The number of carbonyl (C=O) groups is 1. The Morgan fingerprint density at radius 1 is 1.17 bits per heavy atom. The molecule has 6 rings (SSSR count). The number of likely N-dealkylation sites (N-methyl/N-ethyl adjacent to an activating group) is 1. The monoisotopic (exact) mass is 490 g/mol. The lowest BCUT2D eigenvalue weighted by atomic mass is 9.88. The van der Waals surface area contributed by atoms with E-state index in [1.165, 1.54) is 0 Å². The second-order valence-corrected chi connectivity index (χ2v) is 10.8. The van der Waals surface area contributed by atoms with E-state index in [2.05, 4.69) is 34.7 Å². The number of hydrogen-bond donors (Lipinski definition) is 3. The molecular formula is C26H30N6O2S. The Bertz CT molecular complexity index is 1260. The molecule has 5 atom stereocenters. The summed E-state index contributed by atoms with van der Waals surface area (Å²) in [6.07, 6.45) is 7.77. The summed E-state index contributed by atoms with van der Waals surface area (Å²) in [7, 11) is 2.14. The Morgan fingerprint density at radius 3 is 2.80 bits per heavy atom. The molecule has 1 amide bonds. The number of nitrogens with two attached hydrogens (primary N) is 1. The fraction of sp³-hybridized carbons (Fsp3) is 0.423. The molecule has 3 aliphatic rings. The normalized spacial score (nSPS) is 27.9. The van der Waals surface area contributed by atoms with Gasteiger partial charge in [0, 0.05) is 18.3 Å². The molecule has 3 aromatic rings. The molecular weight excluding hydrogens is 460 g/mol. The SMILES string of the molecule is CN1CCC[C@@H](Oc2ccc(Nc3nc(N[C@@H]4C5C=CC(C5)[C@@H]4C(N)=O)c4sccc4n3)cc2)C1. The topological polar surface area (TPSA) is 105 Å². The molecule has 1 aliphatic heterocycles. The summed E-state index contributed by atoms with van der Waals surface area (Å²) in [4.78, 5) is 24.0. The van der Waals surface area contributed by atoms with Gasteiger partial charge in [-0.15, -0.1) is 11.3 Å². The van der Waals surface area contributed by atoms with Gasteiger partial charge in [-0.1, -0.05) is 12.2 Å². The molecule has 0 radical (unpaired) electrons. The van der Waals surface area contributed by atoms with Crippen molar-refractivity contribution in [3.8, 4) is 5.75 Å². The van der Waals surface area contributed by atoms with E-state index >= 15 is 0 Å². The molecule has 9 heteroatoms. The Labute approximate surface area is 208 Å². The third-order valence-electron chi connectivity index (χ3n) is 7.39. The number of primary amides is 1. The van der Waals surface area contributed by atoms with Crippen LogP contribution in [0.3, 0.4) is 0 Å². The lowest BCUT2D eigenvalue weighted by molar-refractivity contribution is -0.122. The molecule has 182 valence electrons. The number of thiophene rings is 1.